The molecular weight excluding hydrogens is 400 g/mol. The Kier molecular flexibility index (Phi) is 6.61. The van der Waals surface area contributed by atoms with Gasteiger partial charge in [0, 0.05) is 36.4 Å². The average Bonchev–Trinajstić information content (AvgIpc) is 2.77. The molecule has 3 N–H and O–H groups in total. The minimum atomic E-state index is -0.671. The van der Waals surface area contributed by atoms with Crippen molar-refractivity contribution in [3.05, 3.63) is 64.2 Å². The number of aliphatic hydroxyl groups excluding tert-OH is 1. The van der Waals surface area contributed by atoms with E-state index in [9.17, 15) is 15.0 Å². The van der Waals surface area contributed by atoms with Crippen LogP contribution in [0.25, 0.3) is 0 Å². The molecule has 0 bridgehead atoms. The summed E-state index contributed by atoms with van der Waals surface area (Å²) in [6.45, 7) is 2.11. The van der Waals surface area contributed by atoms with Crippen LogP contribution in [0, 0.1) is 5.92 Å². The first-order valence-electron chi connectivity index (χ1n) is 10.8. The molecular formula is C24H29ClN2O3. The number of rotatable bonds is 6. The highest BCUT2D eigenvalue weighted by molar-refractivity contribution is 6.30. The number of carbonyl (C=O) groups is 1. The maximum absolute atomic E-state index is 11.2. The van der Waals surface area contributed by atoms with Gasteiger partial charge in [-0.25, -0.2) is 0 Å². The van der Waals surface area contributed by atoms with Crippen molar-refractivity contribution < 1.29 is 15.0 Å². The van der Waals surface area contributed by atoms with Gasteiger partial charge in [0.15, 0.2) is 0 Å². The summed E-state index contributed by atoms with van der Waals surface area (Å²) in [7, 11) is 0. The van der Waals surface area contributed by atoms with Crippen molar-refractivity contribution in [3.8, 4) is 0 Å². The third-order valence-electron chi connectivity index (χ3n) is 6.48. The summed E-state index contributed by atoms with van der Waals surface area (Å²) in [4.78, 5) is 13.5. The van der Waals surface area contributed by atoms with Crippen molar-refractivity contribution in [3.63, 3.8) is 0 Å². The molecule has 0 radical (unpaired) electrons. The van der Waals surface area contributed by atoms with Gasteiger partial charge in [-0.3, -0.25) is 4.79 Å². The molecule has 0 spiro atoms. The van der Waals surface area contributed by atoms with E-state index >= 15 is 0 Å². The number of carboxylic acid groups (broad SMARTS) is 1. The van der Waals surface area contributed by atoms with Crippen LogP contribution >= 0.6 is 11.6 Å². The predicted octanol–water partition coefficient (Wildman–Crippen LogP) is 3.82. The van der Waals surface area contributed by atoms with Gasteiger partial charge >= 0.3 is 5.97 Å². The molecule has 2 aliphatic rings. The molecule has 30 heavy (non-hydrogen) atoms. The number of halogens is 1. The molecule has 5 nitrogen and oxygen atoms in total. The summed E-state index contributed by atoms with van der Waals surface area (Å²) in [6, 6.07) is 14.4. The Morgan fingerprint density at radius 3 is 2.53 bits per heavy atom. The first-order chi connectivity index (χ1) is 14.5. The second-order valence-electron chi connectivity index (χ2n) is 8.47. The fourth-order valence-electron chi connectivity index (χ4n) is 4.58. The van der Waals surface area contributed by atoms with Crippen LogP contribution in [-0.4, -0.2) is 41.9 Å². The Hall–Kier alpha value is -2.08. The zero-order valence-corrected chi connectivity index (χ0v) is 17.8. The lowest BCUT2D eigenvalue weighted by atomic mass is 9.87. The van der Waals surface area contributed by atoms with Gasteiger partial charge in [-0.15, -0.1) is 0 Å². The maximum Gasteiger partial charge on any atom is 0.306 e. The standard InChI is InChI=1S/C24H29ClN2O3/c25-20-5-1-17(2-6-20)23(28)15-26-21-7-3-16-4-8-22(14-19(16)13-21)27-11-9-18(10-12-27)24(29)30/h1-2,4-6,8,14,18,21,23,26,28H,3,7,9-13,15H2,(H,29,30)/t21-,23+/m0/s1. The Labute approximate surface area is 182 Å². The summed E-state index contributed by atoms with van der Waals surface area (Å²) in [5.41, 5.74) is 4.82. The molecule has 4 rings (SSSR count). The molecule has 160 valence electrons. The smallest absolute Gasteiger partial charge is 0.306 e. The van der Waals surface area contributed by atoms with Crippen molar-refractivity contribution in [1.29, 1.82) is 0 Å². The van der Waals surface area contributed by atoms with Crippen LogP contribution in [0.5, 0.6) is 0 Å². The Morgan fingerprint density at radius 1 is 1.10 bits per heavy atom. The third-order valence-corrected chi connectivity index (χ3v) is 6.73. The number of nitrogens with one attached hydrogen (secondary N) is 1. The Bertz CT molecular complexity index is 879. The quantitative estimate of drug-likeness (QED) is 0.652. The Morgan fingerprint density at radius 2 is 1.83 bits per heavy atom. The number of aliphatic hydroxyl groups is 1. The van der Waals surface area contributed by atoms with Crippen molar-refractivity contribution in [2.24, 2.45) is 5.92 Å². The van der Waals surface area contributed by atoms with Crippen molar-refractivity contribution in [1.82, 2.24) is 5.32 Å². The zero-order valence-electron chi connectivity index (χ0n) is 17.1. The summed E-state index contributed by atoms with van der Waals surface area (Å²) in [5, 5.41) is 23.9. The average molecular weight is 429 g/mol. The van der Waals surface area contributed by atoms with Crippen LogP contribution in [0.3, 0.4) is 0 Å². The highest BCUT2D eigenvalue weighted by Crippen LogP contribution is 2.29. The number of anilines is 1. The van der Waals surface area contributed by atoms with Gasteiger partial charge in [0.05, 0.1) is 12.0 Å². The van der Waals surface area contributed by atoms with E-state index in [2.05, 4.69) is 28.4 Å². The van der Waals surface area contributed by atoms with Gasteiger partial charge < -0.3 is 20.4 Å². The molecule has 0 unspecified atom stereocenters. The molecule has 0 amide bonds. The summed E-state index contributed by atoms with van der Waals surface area (Å²) in [5.74, 6) is -0.880. The lowest BCUT2D eigenvalue weighted by Gasteiger charge is -2.33. The second kappa shape index (κ2) is 9.38. The van der Waals surface area contributed by atoms with E-state index in [-0.39, 0.29) is 5.92 Å². The Balaban J connectivity index is 1.34. The van der Waals surface area contributed by atoms with Gasteiger partial charge in [0.25, 0.3) is 0 Å². The number of aryl methyl sites for hydroxylation is 1. The molecule has 2 atom stereocenters. The van der Waals surface area contributed by atoms with Crippen molar-refractivity contribution in [2.75, 3.05) is 24.5 Å². The van der Waals surface area contributed by atoms with Gasteiger partial charge in [0.2, 0.25) is 0 Å². The van der Waals surface area contributed by atoms with Crippen LogP contribution in [-0.2, 0) is 17.6 Å². The second-order valence-corrected chi connectivity index (χ2v) is 8.90. The van der Waals surface area contributed by atoms with E-state index in [0.717, 1.165) is 37.9 Å². The van der Waals surface area contributed by atoms with E-state index in [1.807, 2.05) is 12.1 Å². The van der Waals surface area contributed by atoms with E-state index in [0.29, 0.717) is 30.5 Å². The van der Waals surface area contributed by atoms with Gasteiger partial charge in [0.1, 0.15) is 0 Å². The molecule has 1 fully saturated rings. The molecule has 6 heteroatoms. The maximum atomic E-state index is 11.2. The molecule has 2 aromatic carbocycles. The van der Waals surface area contributed by atoms with Crippen LogP contribution < -0.4 is 10.2 Å². The fraction of sp³-hybridized carbons (Fsp3) is 0.458. The van der Waals surface area contributed by atoms with Crippen LogP contribution in [0.4, 0.5) is 5.69 Å². The van der Waals surface area contributed by atoms with Gasteiger partial charge in [-0.05, 0) is 73.1 Å². The fourth-order valence-corrected chi connectivity index (χ4v) is 4.71. The first kappa shape index (κ1) is 21.2. The summed E-state index contributed by atoms with van der Waals surface area (Å²) < 4.78 is 0. The molecule has 0 aromatic heterocycles. The van der Waals surface area contributed by atoms with E-state index in [4.69, 9.17) is 11.6 Å². The van der Waals surface area contributed by atoms with Crippen molar-refractivity contribution in [2.45, 2.75) is 44.2 Å². The lowest BCUT2D eigenvalue weighted by Crippen LogP contribution is -2.38. The summed E-state index contributed by atoms with van der Waals surface area (Å²) in [6.07, 6.45) is 3.90. The van der Waals surface area contributed by atoms with Crippen molar-refractivity contribution >= 4 is 23.3 Å². The van der Waals surface area contributed by atoms with Gasteiger partial charge in [-0.2, -0.15) is 0 Å². The number of aliphatic carboxylic acids is 1. The highest BCUT2D eigenvalue weighted by atomic mass is 35.5. The third kappa shape index (κ3) is 4.97. The molecule has 1 aliphatic carbocycles. The number of benzene rings is 2. The number of carboxylic acids is 1. The molecule has 2 aromatic rings. The number of hydrogen-bond acceptors (Lipinski definition) is 4. The number of fused-ring (bicyclic) bond motifs is 1. The predicted molar refractivity (Wildman–Crippen MR) is 119 cm³/mol. The first-order valence-corrected chi connectivity index (χ1v) is 11.1. The molecule has 1 heterocycles. The topological polar surface area (TPSA) is 72.8 Å². The molecule has 1 saturated heterocycles. The minimum Gasteiger partial charge on any atom is -0.481 e. The van der Waals surface area contributed by atoms with Crippen LogP contribution in [0.15, 0.2) is 42.5 Å². The van der Waals surface area contributed by atoms with Crippen LogP contribution in [0.2, 0.25) is 5.02 Å². The number of hydrogen-bond donors (Lipinski definition) is 3. The highest BCUT2D eigenvalue weighted by Gasteiger charge is 2.26. The summed E-state index contributed by atoms with van der Waals surface area (Å²) >= 11 is 5.93. The largest absolute Gasteiger partial charge is 0.481 e. The lowest BCUT2D eigenvalue weighted by molar-refractivity contribution is -0.142. The van der Waals surface area contributed by atoms with E-state index in [1.165, 1.54) is 16.8 Å². The number of nitrogens with zero attached hydrogens (tertiary/aromatic N) is 1. The van der Waals surface area contributed by atoms with E-state index in [1.54, 1.807) is 12.1 Å². The minimum absolute atomic E-state index is 0.209. The normalized spacial score (nSPS) is 20.6. The monoisotopic (exact) mass is 428 g/mol. The SMILES string of the molecule is O=C(O)C1CCN(c2ccc3c(c2)C[C@@H](NC[C@@H](O)c2ccc(Cl)cc2)CC3)CC1. The van der Waals surface area contributed by atoms with E-state index < -0.39 is 12.1 Å². The molecule has 0 saturated carbocycles. The molecule has 1 aliphatic heterocycles. The number of piperidine rings is 1. The van der Waals surface area contributed by atoms with Crippen LogP contribution in [0.1, 0.15) is 42.1 Å². The zero-order chi connectivity index (χ0) is 21.1. The van der Waals surface area contributed by atoms with Gasteiger partial charge in [-0.1, -0.05) is 29.8 Å².